The molecule has 1 aromatic carbocycles. The van der Waals surface area contributed by atoms with Gasteiger partial charge < -0.3 is 14.4 Å². The van der Waals surface area contributed by atoms with Gasteiger partial charge in [0.1, 0.15) is 11.4 Å². The molecule has 2 heterocycles. The summed E-state index contributed by atoms with van der Waals surface area (Å²) in [4.78, 5) is 15.6. The molecular formula is C15H15N3O3. The molecule has 0 saturated heterocycles. The van der Waals surface area contributed by atoms with Crippen LogP contribution in [-0.2, 0) is 7.05 Å². The predicted molar refractivity (Wildman–Crippen MR) is 77.7 cm³/mol. The van der Waals surface area contributed by atoms with Crippen LogP contribution < -0.4 is 4.74 Å². The van der Waals surface area contributed by atoms with Crippen LogP contribution in [0.1, 0.15) is 17.4 Å². The summed E-state index contributed by atoms with van der Waals surface area (Å²) in [5, 5.41) is 9.08. The number of nitrogens with zero attached hydrogens (tertiary/aromatic N) is 3. The fourth-order valence-corrected chi connectivity index (χ4v) is 2.28. The summed E-state index contributed by atoms with van der Waals surface area (Å²) in [5.41, 5.74) is 1.95. The van der Waals surface area contributed by atoms with Crippen molar-refractivity contribution in [3.8, 4) is 17.0 Å². The number of rotatable bonds is 4. The molecule has 2 aromatic heterocycles. The summed E-state index contributed by atoms with van der Waals surface area (Å²) >= 11 is 0. The van der Waals surface area contributed by atoms with Crippen LogP contribution in [0.3, 0.4) is 0 Å². The van der Waals surface area contributed by atoms with Crippen LogP contribution in [0.5, 0.6) is 5.75 Å². The molecule has 6 nitrogen and oxygen atoms in total. The lowest BCUT2D eigenvalue weighted by atomic mass is 10.2. The molecule has 0 bridgehead atoms. The normalized spacial score (nSPS) is 11.0. The molecule has 0 aliphatic heterocycles. The smallest absolute Gasteiger partial charge is 0.354 e. The molecule has 3 rings (SSSR count). The molecule has 6 heteroatoms. The molecule has 0 aliphatic rings. The van der Waals surface area contributed by atoms with Crippen LogP contribution in [0.4, 0.5) is 0 Å². The molecule has 0 fully saturated rings. The second-order valence-corrected chi connectivity index (χ2v) is 4.67. The molecule has 0 saturated carbocycles. The summed E-state index contributed by atoms with van der Waals surface area (Å²) in [6, 6.07) is 7.66. The average Bonchev–Trinajstić information content (AvgIpc) is 3.00. The number of imidazole rings is 2. The highest BCUT2D eigenvalue weighted by Crippen LogP contribution is 2.23. The first-order chi connectivity index (χ1) is 10.1. The Morgan fingerprint density at radius 3 is 2.57 bits per heavy atom. The monoisotopic (exact) mass is 285 g/mol. The van der Waals surface area contributed by atoms with E-state index >= 15 is 0 Å². The molecule has 1 N–H and O–H groups in total. The first-order valence-electron chi connectivity index (χ1n) is 6.61. The highest BCUT2D eigenvalue weighted by molar-refractivity contribution is 5.86. The number of carboxylic acids is 1. The van der Waals surface area contributed by atoms with Gasteiger partial charge in [0.05, 0.1) is 12.3 Å². The Labute approximate surface area is 121 Å². The van der Waals surface area contributed by atoms with Crippen LogP contribution in [0, 0.1) is 0 Å². The van der Waals surface area contributed by atoms with E-state index in [4.69, 9.17) is 9.84 Å². The highest BCUT2D eigenvalue weighted by atomic mass is 16.5. The van der Waals surface area contributed by atoms with Crippen LogP contribution in [0.25, 0.3) is 17.0 Å². The van der Waals surface area contributed by atoms with Crippen molar-refractivity contribution in [1.29, 1.82) is 0 Å². The fraction of sp³-hybridized carbons (Fsp3) is 0.200. The predicted octanol–water partition coefficient (Wildman–Crippen LogP) is 2.44. The summed E-state index contributed by atoms with van der Waals surface area (Å²) in [7, 11) is 1.69. The van der Waals surface area contributed by atoms with E-state index in [-0.39, 0.29) is 5.69 Å². The Kier molecular flexibility index (Phi) is 3.13. The summed E-state index contributed by atoms with van der Waals surface area (Å²) in [6.45, 7) is 2.57. The zero-order chi connectivity index (χ0) is 15.0. The van der Waals surface area contributed by atoms with Gasteiger partial charge in [-0.1, -0.05) is 0 Å². The minimum atomic E-state index is -0.967. The molecule has 0 radical (unpaired) electrons. The van der Waals surface area contributed by atoms with Gasteiger partial charge in [0.2, 0.25) is 5.78 Å². The molecule has 0 unspecified atom stereocenters. The van der Waals surface area contributed by atoms with E-state index in [1.807, 2.05) is 37.4 Å². The number of aromatic nitrogens is 3. The van der Waals surface area contributed by atoms with Crippen molar-refractivity contribution in [2.75, 3.05) is 6.61 Å². The van der Waals surface area contributed by atoms with Gasteiger partial charge in [-0.05, 0) is 31.2 Å². The van der Waals surface area contributed by atoms with Gasteiger partial charge in [-0.3, -0.25) is 4.40 Å². The van der Waals surface area contributed by atoms with E-state index in [1.165, 1.54) is 0 Å². The highest BCUT2D eigenvalue weighted by Gasteiger charge is 2.15. The van der Waals surface area contributed by atoms with E-state index < -0.39 is 5.97 Å². The van der Waals surface area contributed by atoms with E-state index in [0.29, 0.717) is 12.4 Å². The van der Waals surface area contributed by atoms with Crippen molar-refractivity contribution >= 4 is 11.7 Å². The third-order valence-electron chi connectivity index (χ3n) is 3.32. The number of benzene rings is 1. The molecular weight excluding hydrogens is 270 g/mol. The van der Waals surface area contributed by atoms with Crippen LogP contribution in [0.2, 0.25) is 0 Å². The van der Waals surface area contributed by atoms with Crippen molar-refractivity contribution in [1.82, 2.24) is 14.0 Å². The third-order valence-corrected chi connectivity index (χ3v) is 3.32. The van der Waals surface area contributed by atoms with Crippen molar-refractivity contribution in [3.63, 3.8) is 0 Å². The second kappa shape index (κ2) is 4.97. The van der Waals surface area contributed by atoms with Crippen molar-refractivity contribution in [2.24, 2.45) is 7.05 Å². The summed E-state index contributed by atoms with van der Waals surface area (Å²) in [5.74, 6) is 0.445. The van der Waals surface area contributed by atoms with Gasteiger partial charge in [0.15, 0.2) is 0 Å². The largest absolute Gasteiger partial charge is 0.494 e. The number of carboxylic acid groups (broad SMARTS) is 1. The minimum Gasteiger partial charge on any atom is -0.494 e. The number of aromatic carboxylic acids is 1. The SMILES string of the molecule is CCOc1ccc(-c2cn3cc(C(=O)O)n(C)c3n2)cc1. The number of hydrogen-bond donors (Lipinski definition) is 1. The maximum Gasteiger partial charge on any atom is 0.354 e. The van der Waals surface area contributed by atoms with Gasteiger partial charge in [-0.2, -0.15) is 0 Å². The Hall–Kier alpha value is -2.76. The number of aryl methyl sites for hydroxylation is 1. The Balaban J connectivity index is 1.99. The van der Waals surface area contributed by atoms with Gasteiger partial charge in [0, 0.05) is 25.0 Å². The lowest BCUT2D eigenvalue weighted by Crippen LogP contribution is -2.04. The summed E-state index contributed by atoms with van der Waals surface area (Å²) < 4.78 is 8.68. The number of ether oxygens (including phenoxy) is 1. The number of carbonyl (C=O) groups is 1. The maximum atomic E-state index is 11.1. The minimum absolute atomic E-state index is 0.204. The van der Waals surface area contributed by atoms with Crippen molar-refractivity contribution < 1.29 is 14.6 Å². The van der Waals surface area contributed by atoms with E-state index in [1.54, 1.807) is 22.2 Å². The standard InChI is InChI=1S/C15H15N3O3/c1-3-21-11-6-4-10(5-7-11)12-8-18-9-13(14(19)20)17(2)15(18)16-12/h4-9H,3H2,1-2H3,(H,19,20). The molecule has 108 valence electrons. The Morgan fingerprint density at radius 1 is 1.29 bits per heavy atom. The lowest BCUT2D eigenvalue weighted by molar-refractivity contribution is 0.0686. The molecule has 0 atom stereocenters. The maximum absolute atomic E-state index is 11.1. The Bertz CT molecular complexity index is 800. The second-order valence-electron chi connectivity index (χ2n) is 4.67. The number of hydrogen-bond acceptors (Lipinski definition) is 3. The van der Waals surface area contributed by atoms with Gasteiger partial charge in [-0.25, -0.2) is 9.78 Å². The van der Waals surface area contributed by atoms with Crippen LogP contribution in [0.15, 0.2) is 36.7 Å². The van der Waals surface area contributed by atoms with E-state index in [9.17, 15) is 4.79 Å². The van der Waals surface area contributed by atoms with Gasteiger partial charge >= 0.3 is 5.97 Å². The molecule has 21 heavy (non-hydrogen) atoms. The van der Waals surface area contributed by atoms with Crippen LogP contribution in [-0.4, -0.2) is 31.6 Å². The van der Waals surface area contributed by atoms with E-state index in [2.05, 4.69) is 4.98 Å². The zero-order valence-electron chi connectivity index (χ0n) is 11.8. The zero-order valence-corrected chi connectivity index (χ0v) is 11.8. The van der Waals surface area contributed by atoms with Gasteiger partial charge in [0.25, 0.3) is 0 Å². The molecule has 0 amide bonds. The van der Waals surface area contributed by atoms with Crippen LogP contribution >= 0.6 is 0 Å². The molecule has 0 spiro atoms. The van der Waals surface area contributed by atoms with Gasteiger partial charge in [-0.15, -0.1) is 0 Å². The number of fused-ring (bicyclic) bond motifs is 1. The lowest BCUT2D eigenvalue weighted by Gasteiger charge is -2.03. The molecule has 3 aromatic rings. The van der Waals surface area contributed by atoms with E-state index in [0.717, 1.165) is 17.0 Å². The fourth-order valence-electron chi connectivity index (χ4n) is 2.28. The molecule has 0 aliphatic carbocycles. The first-order valence-corrected chi connectivity index (χ1v) is 6.61. The summed E-state index contributed by atoms with van der Waals surface area (Å²) in [6.07, 6.45) is 3.38. The van der Waals surface area contributed by atoms with Crippen molar-refractivity contribution in [3.05, 3.63) is 42.4 Å². The van der Waals surface area contributed by atoms with Crippen molar-refractivity contribution in [2.45, 2.75) is 6.92 Å². The quantitative estimate of drug-likeness (QED) is 0.799. The topological polar surface area (TPSA) is 68.8 Å². The Morgan fingerprint density at radius 2 is 2.00 bits per heavy atom. The average molecular weight is 285 g/mol. The third kappa shape index (κ3) is 2.24. The first kappa shape index (κ1) is 13.2.